The Morgan fingerprint density at radius 2 is 1.79 bits per heavy atom. The minimum atomic E-state index is -0.0628. The van der Waals surface area contributed by atoms with Crippen LogP contribution in [0, 0.1) is 0 Å². The van der Waals surface area contributed by atoms with Crippen molar-refractivity contribution < 1.29 is 14.3 Å². The second-order valence-electron chi connectivity index (χ2n) is 7.90. The summed E-state index contributed by atoms with van der Waals surface area (Å²) in [5.74, 6) is 1.43. The molecule has 2 aromatic carbocycles. The second-order valence-corrected chi connectivity index (χ2v) is 8.91. The molecule has 0 aliphatic carbocycles. The van der Waals surface area contributed by atoms with Crippen molar-refractivity contribution in [2.75, 3.05) is 44.8 Å². The lowest BCUT2D eigenvalue weighted by atomic mass is 10.2. The van der Waals surface area contributed by atoms with Crippen LogP contribution in [0.1, 0.15) is 50.4 Å². The van der Waals surface area contributed by atoms with Crippen molar-refractivity contribution in [1.29, 1.82) is 0 Å². The Bertz CT molecular complexity index is 1040. The molecule has 0 radical (unpaired) electrons. The molecule has 0 bridgehead atoms. The number of carbonyl (C=O) groups is 1. The highest BCUT2D eigenvalue weighted by atomic mass is 35.5. The lowest BCUT2D eigenvalue weighted by molar-refractivity contribution is 0.0983. The molecule has 186 valence electrons. The van der Waals surface area contributed by atoms with Crippen LogP contribution in [0.5, 0.6) is 11.5 Å². The summed E-state index contributed by atoms with van der Waals surface area (Å²) in [4.78, 5) is 22.5. The van der Waals surface area contributed by atoms with E-state index in [1.165, 1.54) is 11.3 Å². The fourth-order valence-electron chi connectivity index (χ4n) is 3.62. The lowest BCUT2D eigenvalue weighted by Crippen LogP contribution is -2.38. The van der Waals surface area contributed by atoms with Gasteiger partial charge < -0.3 is 14.4 Å². The number of ether oxygens (including phenoxy) is 2. The van der Waals surface area contributed by atoms with Crippen LogP contribution in [0.2, 0.25) is 0 Å². The van der Waals surface area contributed by atoms with Crippen LogP contribution in [0.4, 0.5) is 5.13 Å². The summed E-state index contributed by atoms with van der Waals surface area (Å²) in [6.07, 6.45) is 3.30. The molecule has 1 heterocycles. The van der Waals surface area contributed by atoms with Crippen molar-refractivity contribution in [3.05, 3.63) is 48.0 Å². The number of methoxy groups -OCH3 is 1. The molecule has 1 amide bonds. The molecule has 0 saturated heterocycles. The van der Waals surface area contributed by atoms with E-state index in [-0.39, 0.29) is 18.3 Å². The van der Waals surface area contributed by atoms with Crippen LogP contribution < -0.4 is 14.4 Å². The Morgan fingerprint density at radius 3 is 2.50 bits per heavy atom. The van der Waals surface area contributed by atoms with Gasteiger partial charge in [0.1, 0.15) is 11.5 Å². The molecule has 0 aliphatic rings. The van der Waals surface area contributed by atoms with Gasteiger partial charge in [-0.15, -0.1) is 12.4 Å². The normalized spacial score (nSPS) is 10.9. The minimum Gasteiger partial charge on any atom is -0.497 e. The first-order valence-electron chi connectivity index (χ1n) is 11.8. The van der Waals surface area contributed by atoms with Gasteiger partial charge in [-0.3, -0.25) is 9.69 Å². The summed E-state index contributed by atoms with van der Waals surface area (Å²) in [6.45, 7) is 10.3. The van der Waals surface area contributed by atoms with Crippen molar-refractivity contribution in [2.45, 2.75) is 40.0 Å². The highest BCUT2D eigenvalue weighted by Gasteiger charge is 2.22. The largest absolute Gasteiger partial charge is 0.497 e. The highest BCUT2D eigenvalue weighted by molar-refractivity contribution is 7.22. The highest BCUT2D eigenvalue weighted by Crippen LogP contribution is 2.32. The molecule has 0 unspecified atom stereocenters. The number of anilines is 1. The molecular formula is C26H36ClN3O3S. The number of benzene rings is 2. The van der Waals surface area contributed by atoms with Crippen LogP contribution in [-0.2, 0) is 0 Å². The van der Waals surface area contributed by atoms with E-state index in [0.717, 1.165) is 60.6 Å². The summed E-state index contributed by atoms with van der Waals surface area (Å²) in [5.41, 5.74) is 1.45. The van der Waals surface area contributed by atoms with Crippen molar-refractivity contribution in [1.82, 2.24) is 9.88 Å². The molecule has 6 nitrogen and oxygen atoms in total. The lowest BCUT2D eigenvalue weighted by Gasteiger charge is -2.25. The summed E-state index contributed by atoms with van der Waals surface area (Å²) in [6, 6.07) is 13.3. The van der Waals surface area contributed by atoms with Crippen LogP contribution in [0.25, 0.3) is 10.2 Å². The topological polar surface area (TPSA) is 54.9 Å². The maximum absolute atomic E-state index is 13.7. The third kappa shape index (κ3) is 7.32. The van der Waals surface area contributed by atoms with Gasteiger partial charge in [-0.05, 0) is 49.8 Å². The molecule has 8 heteroatoms. The van der Waals surface area contributed by atoms with E-state index in [1.54, 1.807) is 12.0 Å². The minimum absolute atomic E-state index is 0. The average Bonchev–Trinajstić information content (AvgIpc) is 3.27. The quantitative estimate of drug-likeness (QED) is 0.256. The van der Waals surface area contributed by atoms with Gasteiger partial charge >= 0.3 is 0 Å². The third-order valence-corrected chi connectivity index (χ3v) is 6.75. The van der Waals surface area contributed by atoms with Gasteiger partial charge in [0.05, 0.1) is 23.9 Å². The van der Waals surface area contributed by atoms with E-state index in [2.05, 4.69) is 25.7 Å². The predicted octanol–water partition coefficient (Wildman–Crippen LogP) is 6.28. The second kappa shape index (κ2) is 14.1. The van der Waals surface area contributed by atoms with Gasteiger partial charge in [-0.2, -0.15) is 0 Å². The fraction of sp³-hybridized carbons (Fsp3) is 0.462. The number of rotatable bonds is 13. The van der Waals surface area contributed by atoms with E-state index in [4.69, 9.17) is 14.5 Å². The zero-order valence-corrected chi connectivity index (χ0v) is 22.2. The van der Waals surface area contributed by atoms with Gasteiger partial charge in [-0.25, -0.2) is 4.98 Å². The number of amides is 1. The third-order valence-electron chi connectivity index (χ3n) is 5.69. The molecule has 0 atom stereocenters. The SMILES string of the molecule is CCCCCOc1cccc(C(=O)N(CCN(CC)CC)c2nc3cc(OC)ccc3s2)c1.Cl. The molecule has 34 heavy (non-hydrogen) atoms. The Balaban J connectivity index is 0.00000408. The van der Waals surface area contributed by atoms with E-state index in [1.807, 2.05) is 42.5 Å². The first-order valence-corrected chi connectivity index (χ1v) is 12.6. The molecule has 1 aromatic heterocycles. The number of thiazole rings is 1. The molecule has 0 N–H and O–H groups in total. The van der Waals surface area contributed by atoms with Crippen molar-refractivity contribution >= 4 is 45.0 Å². The Labute approximate surface area is 213 Å². The number of hydrogen-bond donors (Lipinski definition) is 0. The van der Waals surface area contributed by atoms with E-state index in [0.29, 0.717) is 23.8 Å². The van der Waals surface area contributed by atoms with Crippen molar-refractivity contribution in [3.63, 3.8) is 0 Å². The zero-order valence-electron chi connectivity index (χ0n) is 20.6. The predicted molar refractivity (Wildman–Crippen MR) is 144 cm³/mol. The number of unbranched alkanes of at least 4 members (excludes halogenated alkanes) is 2. The summed E-state index contributed by atoms with van der Waals surface area (Å²) in [5, 5.41) is 0.699. The van der Waals surface area contributed by atoms with Crippen molar-refractivity contribution in [2.24, 2.45) is 0 Å². The van der Waals surface area contributed by atoms with Gasteiger partial charge in [0.2, 0.25) is 0 Å². The number of halogens is 1. The molecule has 3 rings (SSSR count). The first-order chi connectivity index (χ1) is 16.1. The Morgan fingerprint density at radius 1 is 1.00 bits per heavy atom. The Kier molecular flexibility index (Phi) is 11.6. The van der Waals surface area contributed by atoms with Crippen molar-refractivity contribution in [3.8, 4) is 11.5 Å². The smallest absolute Gasteiger partial charge is 0.260 e. The van der Waals surface area contributed by atoms with Crippen LogP contribution in [-0.4, -0.2) is 55.7 Å². The van der Waals surface area contributed by atoms with Gasteiger partial charge in [0, 0.05) is 24.7 Å². The van der Waals surface area contributed by atoms with Gasteiger partial charge in [0.25, 0.3) is 5.91 Å². The number of aromatic nitrogens is 1. The molecular weight excluding hydrogens is 470 g/mol. The molecule has 3 aromatic rings. The average molecular weight is 506 g/mol. The summed E-state index contributed by atoms with van der Waals surface area (Å²) < 4.78 is 12.3. The van der Waals surface area contributed by atoms with Crippen LogP contribution in [0.15, 0.2) is 42.5 Å². The Hall–Kier alpha value is -2.35. The van der Waals surface area contributed by atoms with Gasteiger partial charge in [-0.1, -0.05) is 51.0 Å². The number of hydrogen-bond acceptors (Lipinski definition) is 6. The summed E-state index contributed by atoms with van der Waals surface area (Å²) in [7, 11) is 1.64. The molecule has 0 spiro atoms. The maximum Gasteiger partial charge on any atom is 0.260 e. The van der Waals surface area contributed by atoms with E-state index >= 15 is 0 Å². The first kappa shape index (κ1) is 27.9. The molecule has 0 fully saturated rings. The van der Waals surface area contributed by atoms with E-state index in [9.17, 15) is 4.79 Å². The number of fused-ring (bicyclic) bond motifs is 1. The number of carbonyl (C=O) groups excluding carboxylic acids is 1. The standard InChI is InChI=1S/C26H35N3O3S.ClH/c1-5-8-9-17-32-22-12-10-11-20(18-22)25(30)29(16-15-28(6-2)7-3)26-27-23-19-21(31-4)13-14-24(23)33-26;/h10-14,18-19H,5-9,15-17H2,1-4H3;1H. The summed E-state index contributed by atoms with van der Waals surface area (Å²) >= 11 is 1.53. The monoisotopic (exact) mass is 505 g/mol. The van der Waals surface area contributed by atoms with Crippen LogP contribution >= 0.6 is 23.7 Å². The van der Waals surface area contributed by atoms with Gasteiger partial charge in [0.15, 0.2) is 5.13 Å². The molecule has 0 saturated carbocycles. The molecule has 0 aliphatic heterocycles. The number of nitrogens with zero attached hydrogens (tertiary/aromatic N) is 3. The van der Waals surface area contributed by atoms with E-state index < -0.39 is 0 Å². The zero-order chi connectivity index (χ0) is 23.6. The number of likely N-dealkylation sites (N-methyl/N-ethyl adjacent to an activating group) is 1. The maximum atomic E-state index is 13.7. The van der Waals surface area contributed by atoms with Crippen LogP contribution in [0.3, 0.4) is 0 Å². The fourth-order valence-corrected chi connectivity index (χ4v) is 4.59.